The Morgan fingerprint density at radius 2 is 2.33 bits per heavy atom. The van der Waals surface area contributed by atoms with Gasteiger partial charge in [0.2, 0.25) is 5.82 Å². The fourth-order valence-corrected chi connectivity index (χ4v) is 1.18. The number of fused-ring (bicyclic) bond motifs is 1. The number of nitrogens with zero attached hydrogens (tertiary/aromatic N) is 4. The second-order valence-electron chi connectivity index (χ2n) is 3.05. The lowest BCUT2D eigenvalue weighted by Crippen LogP contribution is -2.37. The zero-order valence-corrected chi connectivity index (χ0v) is 7.87. The second-order valence-corrected chi connectivity index (χ2v) is 3.05. The quantitative estimate of drug-likeness (QED) is 0.461. The van der Waals surface area contributed by atoms with Gasteiger partial charge < -0.3 is 16.7 Å². The van der Waals surface area contributed by atoms with Crippen molar-refractivity contribution < 1.29 is 4.85 Å². The molecule has 0 saturated heterocycles. The first-order chi connectivity index (χ1) is 7.22. The monoisotopic (exact) mass is 206 g/mol. The number of hydrogen-bond donors (Lipinski definition) is 2. The summed E-state index contributed by atoms with van der Waals surface area (Å²) in [7, 11) is 0. The summed E-state index contributed by atoms with van der Waals surface area (Å²) in [5.41, 5.74) is 11.8. The van der Waals surface area contributed by atoms with Crippen molar-refractivity contribution in [3.63, 3.8) is 0 Å². The maximum atomic E-state index is 11.4. The van der Waals surface area contributed by atoms with Crippen molar-refractivity contribution in [1.82, 2.24) is 15.1 Å². The molecule has 2 heterocycles. The van der Waals surface area contributed by atoms with Gasteiger partial charge in [0, 0.05) is 17.8 Å². The summed E-state index contributed by atoms with van der Waals surface area (Å²) in [6.07, 6.45) is 2.95. The molecular formula is C8H10N6O. The smallest absolute Gasteiger partial charge is 0.288 e. The van der Waals surface area contributed by atoms with E-state index in [9.17, 15) is 5.21 Å². The highest BCUT2D eigenvalue weighted by atomic mass is 16.5. The second kappa shape index (κ2) is 3.71. The van der Waals surface area contributed by atoms with E-state index in [0.29, 0.717) is 15.9 Å². The average molecular weight is 206 g/mol. The Bertz CT molecular complexity index is 488. The molecule has 1 atom stereocenters. The van der Waals surface area contributed by atoms with Crippen LogP contribution in [-0.4, -0.2) is 21.6 Å². The van der Waals surface area contributed by atoms with E-state index < -0.39 is 6.04 Å². The molecule has 7 nitrogen and oxygen atoms in total. The predicted molar refractivity (Wildman–Crippen MR) is 52.3 cm³/mol. The van der Waals surface area contributed by atoms with Crippen LogP contribution in [0.15, 0.2) is 18.5 Å². The topological polar surface area (TPSA) is 118 Å². The predicted octanol–water partition coefficient (Wildman–Crippen LogP) is -1.38. The summed E-state index contributed by atoms with van der Waals surface area (Å²) in [5, 5.41) is 15.1. The normalized spacial score (nSPS) is 12.9. The largest absolute Gasteiger partial charge is 0.594 e. The van der Waals surface area contributed by atoms with Crippen molar-refractivity contribution in [3.8, 4) is 0 Å². The van der Waals surface area contributed by atoms with Crippen LogP contribution in [0, 0.1) is 5.21 Å². The molecule has 0 aromatic carbocycles. The van der Waals surface area contributed by atoms with E-state index in [1.807, 2.05) is 0 Å². The van der Waals surface area contributed by atoms with E-state index in [0.717, 1.165) is 0 Å². The molecule has 0 bridgehead atoms. The summed E-state index contributed by atoms with van der Waals surface area (Å²) in [6.45, 7) is 0.191. The lowest BCUT2D eigenvalue weighted by molar-refractivity contribution is -0.644. The van der Waals surface area contributed by atoms with Crippen molar-refractivity contribution in [2.24, 2.45) is 11.5 Å². The molecule has 0 aliphatic carbocycles. The third-order valence-corrected chi connectivity index (χ3v) is 2.00. The van der Waals surface area contributed by atoms with Gasteiger partial charge >= 0.3 is 0 Å². The van der Waals surface area contributed by atoms with Crippen LogP contribution in [0.1, 0.15) is 11.9 Å². The first-order valence-corrected chi connectivity index (χ1v) is 4.39. The molecule has 1 unspecified atom stereocenters. The maximum Gasteiger partial charge on any atom is 0.288 e. The summed E-state index contributed by atoms with van der Waals surface area (Å²) < 4.78 is 0. The van der Waals surface area contributed by atoms with E-state index in [2.05, 4.69) is 15.1 Å². The molecule has 4 N–H and O–H groups in total. The first-order valence-electron chi connectivity index (χ1n) is 4.39. The summed E-state index contributed by atoms with van der Waals surface area (Å²) >= 11 is 0. The summed E-state index contributed by atoms with van der Waals surface area (Å²) in [6, 6.07) is 1.10. The summed E-state index contributed by atoms with van der Waals surface area (Å²) in [5.74, 6) is 0.242. The van der Waals surface area contributed by atoms with Crippen LogP contribution in [0.4, 0.5) is 0 Å². The standard InChI is InChI=1S/C8H10N6O/c9-3-5(10)8-12-6-1-2-11-4-7(6)14(15)13-8/h1-2,4-5H,3,9-10H2. The average Bonchev–Trinajstić information content (AvgIpc) is 2.28. The molecule has 2 aromatic rings. The van der Waals surface area contributed by atoms with Gasteiger partial charge in [0.05, 0.1) is 6.04 Å². The van der Waals surface area contributed by atoms with Gasteiger partial charge in [-0.2, -0.15) is 0 Å². The number of nitrogens with two attached hydrogens (primary N) is 2. The van der Waals surface area contributed by atoms with Crippen LogP contribution in [0.25, 0.3) is 11.0 Å². The van der Waals surface area contributed by atoms with Gasteiger partial charge in [-0.3, -0.25) is 4.98 Å². The van der Waals surface area contributed by atoms with Gasteiger partial charge in [0.15, 0.2) is 0 Å². The van der Waals surface area contributed by atoms with Crippen molar-refractivity contribution in [3.05, 3.63) is 29.5 Å². The molecule has 78 valence electrons. The molecule has 7 heteroatoms. The van der Waals surface area contributed by atoms with Crippen LogP contribution in [0.5, 0.6) is 0 Å². The Morgan fingerprint density at radius 3 is 3.07 bits per heavy atom. The van der Waals surface area contributed by atoms with Crippen LogP contribution in [0.3, 0.4) is 0 Å². The van der Waals surface area contributed by atoms with Crippen LogP contribution < -0.4 is 16.3 Å². The zero-order valence-electron chi connectivity index (χ0n) is 7.87. The fourth-order valence-electron chi connectivity index (χ4n) is 1.18. The van der Waals surface area contributed by atoms with E-state index in [-0.39, 0.29) is 12.4 Å². The molecule has 0 saturated carbocycles. The number of pyridine rings is 1. The number of rotatable bonds is 2. The molecule has 0 aliphatic rings. The van der Waals surface area contributed by atoms with Crippen molar-refractivity contribution in [1.29, 1.82) is 0 Å². The van der Waals surface area contributed by atoms with Crippen LogP contribution >= 0.6 is 0 Å². The third kappa shape index (κ3) is 1.69. The third-order valence-electron chi connectivity index (χ3n) is 2.00. The van der Waals surface area contributed by atoms with Crippen LogP contribution in [0.2, 0.25) is 0 Å². The molecule has 0 radical (unpaired) electrons. The lowest BCUT2D eigenvalue weighted by Gasteiger charge is -2.06. The van der Waals surface area contributed by atoms with Crippen molar-refractivity contribution in [2.45, 2.75) is 6.04 Å². The van der Waals surface area contributed by atoms with E-state index in [1.54, 1.807) is 12.3 Å². The van der Waals surface area contributed by atoms with Crippen LogP contribution in [-0.2, 0) is 0 Å². The number of aromatic nitrogens is 4. The maximum absolute atomic E-state index is 11.4. The van der Waals surface area contributed by atoms with E-state index >= 15 is 0 Å². The van der Waals surface area contributed by atoms with Gasteiger partial charge in [-0.1, -0.05) is 0 Å². The van der Waals surface area contributed by atoms with E-state index in [1.165, 1.54) is 6.20 Å². The number of hydrogen-bond acceptors (Lipinski definition) is 6. The molecule has 0 amide bonds. The Morgan fingerprint density at radius 1 is 1.53 bits per heavy atom. The molecule has 2 rings (SSSR count). The van der Waals surface area contributed by atoms with Crippen molar-refractivity contribution in [2.75, 3.05) is 6.54 Å². The molecule has 15 heavy (non-hydrogen) atoms. The Kier molecular flexibility index (Phi) is 2.40. The molecule has 0 fully saturated rings. The highest BCUT2D eigenvalue weighted by Gasteiger charge is 2.15. The SMILES string of the molecule is NCC(N)c1nc2ccncc2[n+]([O-])n1. The molecule has 0 aliphatic heterocycles. The Balaban J connectivity index is 2.62. The minimum absolute atomic E-state index is 0.191. The minimum Gasteiger partial charge on any atom is -0.594 e. The van der Waals surface area contributed by atoms with Crippen molar-refractivity contribution >= 4 is 11.0 Å². The van der Waals surface area contributed by atoms with Gasteiger partial charge in [-0.05, 0) is 10.9 Å². The Hall–Kier alpha value is -1.86. The zero-order chi connectivity index (χ0) is 10.8. The van der Waals surface area contributed by atoms with Gasteiger partial charge in [-0.25, -0.2) is 4.98 Å². The first kappa shape index (κ1) is 9.69. The highest BCUT2D eigenvalue weighted by molar-refractivity contribution is 5.68. The molecular weight excluding hydrogens is 196 g/mol. The van der Waals surface area contributed by atoms with Gasteiger partial charge in [0.1, 0.15) is 11.7 Å². The minimum atomic E-state index is -0.525. The molecule has 2 aromatic heterocycles. The van der Waals surface area contributed by atoms with E-state index in [4.69, 9.17) is 11.5 Å². The fraction of sp³-hybridized carbons (Fsp3) is 0.250. The lowest BCUT2D eigenvalue weighted by atomic mass is 10.3. The van der Waals surface area contributed by atoms with Gasteiger partial charge in [0.25, 0.3) is 5.52 Å². The molecule has 0 spiro atoms. The van der Waals surface area contributed by atoms with Gasteiger partial charge in [-0.15, -0.1) is 0 Å². The highest BCUT2D eigenvalue weighted by Crippen LogP contribution is 2.06. The summed E-state index contributed by atoms with van der Waals surface area (Å²) in [4.78, 5) is 8.40. The Labute approximate surface area is 85.3 Å².